The number of nitrogens with one attached hydrogen (secondary N) is 1. The number of hydrogen-bond donors (Lipinski definition) is 1. The van der Waals surface area contributed by atoms with E-state index in [9.17, 15) is 9.59 Å². The van der Waals surface area contributed by atoms with Gasteiger partial charge >= 0.3 is 6.09 Å². The second-order valence-corrected chi connectivity index (χ2v) is 8.51. The van der Waals surface area contributed by atoms with E-state index in [1.54, 1.807) is 0 Å². The maximum atomic E-state index is 13.4. The first-order valence-corrected chi connectivity index (χ1v) is 11.5. The van der Waals surface area contributed by atoms with E-state index in [-0.39, 0.29) is 24.1 Å². The molecule has 7 nitrogen and oxygen atoms in total. The van der Waals surface area contributed by atoms with Crippen LogP contribution in [0.25, 0.3) is 10.8 Å². The molecule has 1 N–H and O–H groups in total. The predicted molar refractivity (Wildman–Crippen MR) is 122 cm³/mol. The Hall–Kier alpha value is -2.80. The van der Waals surface area contributed by atoms with Crippen molar-refractivity contribution in [3.8, 4) is 5.75 Å². The SMILES string of the molecule is COC(=O)NCCOc1cc([C@@H](C)N(C(=O)[C@H]2CCCCO2)C2CC2)cc2ccccc12. The van der Waals surface area contributed by atoms with Crippen LogP contribution < -0.4 is 10.1 Å². The molecule has 172 valence electrons. The van der Waals surface area contributed by atoms with E-state index in [1.807, 2.05) is 29.2 Å². The molecule has 0 unspecified atom stereocenters. The van der Waals surface area contributed by atoms with Gasteiger partial charge in [-0.15, -0.1) is 0 Å². The number of carbonyl (C=O) groups is 2. The number of hydrogen-bond acceptors (Lipinski definition) is 5. The topological polar surface area (TPSA) is 77.1 Å². The number of methoxy groups -OCH3 is 1. The summed E-state index contributed by atoms with van der Waals surface area (Å²) in [6.07, 6.45) is 4.14. The van der Waals surface area contributed by atoms with Gasteiger partial charge in [-0.25, -0.2) is 4.79 Å². The van der Waals surface area contributed by atoms with Crippen molar-refractivity contribution in [2.75, 3.05) is 26.9 Å². The van der Waals surface area contributed by atoms with E-state index in [1.165, 1.54) is 7.11 Å². The number of amides is 2. The number of benzene rings is 2. The lowest BCUT2D eigenvalue weighted by Gasteiger charge is -2.34. The fourth-order valence-corrected chi connectivity index (χ4v) is 4.35. The molecule has 1 saturated carbocycles. The molecule has 2 aromatic rings. The summed E-state index contributed by atoms with van der Waals surface area (Å²) in [6.45, 7) is 3.41. The van der Waals surface area contributed by atoms with E-state index in [0.717, 1.165) is 54.2 Å². The number of nitrogens with zero attached hydrogens (tertiary/aromatic N) is 1. The second-order valence-electron chi connectivity index (χ2n) is 8.51. The first-order valence-electron chi connectivity index (χ1n) is 11.5. The Balaban J connectivity index is 1.56. The van der Waals surface area contributed by atoms with Crippen LogP contribution in [-0.4, -0.2) is 55.9 Å². The standard InChI is InChI=1S/C25H32N2O5/c1-17(27(20-10-11-20)24(28)22-9-5-6-13-31-22)19-15-18-7-3-4-8-21(18)23(16-19)32-14-12-26-25(29)30-2/h3-4,7-8,15-17,20,22H,5-6,9-14H2,1-2H3,(H,26,29)/t17-,22-/m1/s1. The fourth-order valence-electron chi connectivity index (χ4n) is 4.35. The van der Waals surface area contributed by atoms with Gasteiger partial charge in [-0.1, -0.05) is 24.3 Å². The van der Waals surface area contributed by atoms with Crippen LogP contribution in [0.3, 0.4) is 0 Å². The van der Waals surface area contributed by atoms with E-state index in [4.69, 9.17) is 9.47 Å². The highest BCUT2D eigenvalue weighted by Crippen LogP contribution is 2.38. The molecule has 0 aromatic heterocycles. The lowest BCUT2D eigenvalue weighted by molar-refractivity contribution is -0.149. The molecule has 2 aliphatic rings. The van der Waals surface area contributed by atoms with Crippen LogP contribution in [-0.2, 0) is 14.3 Å². The van der Waals surface area contributed by atoms with Crippen molar-refractivity contribution in [2.24, 2.45) is 0 Å². The third-order valence-corrected chi connectivity index (χ3v) is 6.21. The molecule has 0 bridgehead atoms. The van der Waals surface area contributed by atoms with Crippen molar-refractivity contribution < 1.29 is 23.8 Å². The van der Waals surface area contributed by atoms with Crippen molar-refractivity contribution >= 4 is 22.8 Å². The van der Waals surface area contributed by atoms with Crippen molar-refractivity contribution in [3.63, 3.8) is 0 Å². The van der Waals surface area contributed by atoms with Crippen LogP contribution in [0.4, 0.5) is 4.79 Å². The Kier molecular flexibility index (Phi) is 7.15. The molecule has 0 spiro atoms. The molecule has 1 saturated heterocycles. The molecule has 1 aliphatic heterocycles. The van der Waals surface area contributed by atoms with Gasteiger partial charge in [-0.3, -0.25) is 4.79 Å². The Morgan fingerprint density at radius 1 is 1.19 bits per heavy atom. The minimum atomic E-state index is -0.482. The molecule has 32 heavy (non-hydrogen) atoms. The number of rotatable bonds is 8. The van der Waals surface area contributed by atoms with E-state index >= 15 is 0 Å². The van der Waals surface area contributed by atoms with Crippen LogP contribution in [0.1, 0.15) is 50.6 Å². The quantitative estimate of drug-likeness (QED) is 0.623. The van der Waals surface area contributed by atoms with Gasteiger partial charge in [0.2, 0.25) is 0 Å². The molecule has 4 rings (SSSR count). The smallest absolute Gasteiger partial charge is 0.406 e. The molecule has 2 aromatic carbocycles. The van der Waals surface area contributed by atoms with E-state index < -0.39 is 6.09 Å². The molecule has 2 atom stereocenters. The third kappa shape index (κ3) is 5.15. The maximum Gasteiger partial charge on any atom is 0.406 e. The van der Waals surface area contributed by atoms with E-state index in [2.05, 4.69) is 29.1 Å². The Bertz CT molecular complexity index is 952. The molecular formula is C25H32N2O5. The van der Waals surface area contributed by atoms with Gasteiger partial charge in [0.25, 0.3) is 5.91 Å². The zero-order valence-corrected chi connectivity index (χ0v) is 18.8. The van der Waals surface area contributed by atoms with Crippen molar-refractivity contribution in [1.29, 1.82) is 0 Å². The average Bonchev–Trinajstić information content (AvgIpc) is 3.67. The van der Waals surface area contributed by atoms with Gasteiger partial charge in [-0.05, 0) is 62.1 Å². The Morgan fingerprint density at radius 3 is 2.72 bits per heavy atom. The first-order chi connectivity index (χ1) is 15.6. The predicted octanol–water partition coefficient (Wildman–Crippen LogP) is 4.20. The largest absolute Gasteiger partial charge is 0.491 e. The minimum Gasteiger partial charge on any atom is -0.491 e. The van der Waals surface area contributed by atoms with Crippen molar-refractivity contribution in [3.05, 3.63) is 42.0 Å². The Morgan fingerprint density at radius 2 is 2.00 bits per heavy atom. The van der Waals surface area contributed by atoms with Gasteiger partial charge in [0.15, 0.2) is 0 Å². The van der Waals surface area contributed by atoms with Crippen LogP contribution in [0.2, 0.25) is 0 Å². The summed E-state index contributed by atoms with van der Waals surface area (Å²) in [4.78, 5) is 26.7. The minimum absolute atomic E-state index is 0.0827. The van der Waals surface area contributed by atoms with Crippen LogP contribution in [0, 0.1) is 0 Å². The second kappa shape index (κ2) is 10.2. The number of ether oxygens (including phenoxy) is 3. The van der Waals surface area contributed by atoms with Crippen LogP contribution >= 0.6 is 0 Å². The highest BCUT2D eigenvalue weighted by Gasteiger charge is 2.40. The normalized spacial score (nSPS) is 19.2. The van der Waals surface area contributed by atoms with E-state index in [0.29, 0.717) is 19.8 Å². The zero-order chi connectivity index (χ0) is 22.5. The summed E-state index contributed by atoms with van der Waals surface area (Å²) in [6, 6.07) is 12.4. The van der Waals surface area contributed by atoms with Gasteiger partial charge < -0.3 is 24.4 Å². The molecule has 7 heteroatoms. The lowest BCUT2D eigenvalue weighted by atomic mass is 9.99. The zero-order valence-electron chi connectivity index (χ0n) is 18.8. The molecule has 2 amide bonds. The molecule has 2 fully saturated rings. The molecule has 0 radical (unpaired) electrons. The summed E-state index contributed by atoms with van der Waals surface area (Å²) < 4.78 is 16.4. The Labute approximate surface area is 189 Å². The molecule has 1 aliphatic carbocycles. The third-order valence-electron chi connectivity index (χ3n) is 6.21. The lowest BCUT2D eigenvalue weighted by Crippen LogP contribution is -2.44. The highest BCUT2D eigenvalue weighted by molar-refractivity contribution is 5.89. The number of carbonyl (C=O) groups excluding carboxylic acids is 2. The fraction of sp³-hybridized carbons (Fsp3) is 0.520. The van der Waals surface area contributed by atoms with Crippen molar-refractivity contribution in [1.82, 2.24) is 10.2 Å². The van der Waals surface area contributed by atoms with Crippen LogP contribution in [0.5, 0.6) is 5.75 Å². The summed E-state index contributed by atoms with van der Waals surface area (Å²) in [5.74, 6) is 0.853. The van der Waals surface area contributed by atoms with Gasteiger partial charge in [-0.2, -0.15) is 0 Å². The van der Waals surface area contributed by atoms with Crippen molar-refractivity contribution in [2.45, 2.75) is 57.2 Å². The summed E-state index contributed by atoms with van der Waals surface area (Å²) >= 11 is 0. The van der Waals surface area contributed by atoms with Crippen LogP contribution in [0.15, 0.2) is 36.4 Å². The van der Waals surface area contributed by atoms with Gasteiger partial charge in [0.1, 0.15) is 18.5 Å². The van der Waals surface area contributed by atoms with Gasteiger partial charge in [0, 0.05) is 18.0 Å². The highest BCUT2D eigenvalue weighted by atomic mass is 16.5. The molecular weight excluding hydrogens is 408 g/mol. The number of fused-ring (bicyclic) bond motifs is 1. The average molecular weight is 441 g/mol. The molecule has 1 heterocycles. The summed E-state index contributed by atoms with van der Waals surface area (Å²) in [5.41, 5.74) is 1.04. The summed E-state index contributed by atoms with van der Waals surface area (Å²) in [7, 11) is 1.33. The maximum absolute atomic E-state index is 13.4. The number of alkyl carbamates (subject to hydrolysis) is 1. The monoisotopic (exact) mass is 440 g/mol. The summed E-state index contributed by atoms with van der Waals surface area (Å²) in [5, 5.41) is 4.69. The van der Waals surface area contributed by atoms with Gasteiger partial charge in [0.05, 0.1) is 19.7 Å². The first kappa shape index (κ1) is 22.4.